The lowest BCUT2D eigenvalue weighted by molar-refractivity contribution is -0.114. The van der Waals surface area contributed by atoms with Gasteiger partial charge in [-0.25, -0.2) is 12.8 Å². The van der Waals surface area contributed by atoms with Crippen LogP contribution in [-0.2, 0) is 14.8 Å². The number of nitrogens with zero attached hydrogens (tertiary/aromatic N) is 1. The average Bonchev–Trinajstić information content (AvgIpc) is 2.73. The summed E-state index contributed by atoms with van der Waals surface area (Å²) in [6.45, 7) is 2.70. The van der Waals surface area contributed by atoms with E-state index < -0.39 is 28.3 Å². The van der Waals surface area contributed by atoms with Crippen LogP contribution >= 0.6 is 0 Å². The first kappa shape index (κ1) is 22.2. The normalized spacial score (nSPS) is 11.1. The van der Waals surface area contributed by atoms with Gasteiger partial charge in [-0.1, -0.05) is 29.8 Å². The number of hydrogen-bond donors (Lipinski definition) is 1. The van der Waals surface area contributed by atoms with E-state index in [0.29, 0.717) is 11.3 Å². The molecule has 0 heterocycles. The third kappa shape index (κ3) is 5.35. The van der Waals surface area contributed by atoms with E-state index in [2.05, 4.69) is 5.32 Å². The number of amides is 1. The third-order valence-electron chi connectivity index (χ3n) is 4.56. The van der Waals surface area contributed by atoms with Gasteiger partial charge in [0.2, 0.25) is 5.91 Å². The van der Waals surface area contributed by atoms with E-state index in [0.717, 1.165) is 22.0 Å². The number of halogens is 1. The number of sulfonamides is 1. The summed E-state index contributed by atoms with van der Waals surface area (Å²) in [4.78, 5) is 24.3. The second kappa shape index (κ2) is 9.09. The van der Waals surface area contributed by atoms with Crippen molar-refractivity contribution < 1.29 is 22.4 Å². The number of carbonyl (C=O) groups is 2. The van der Waals surface area contributed by atoms with Gasteiger partial charge in [-0.15, -0.1) is 0 Å². The summed E-state index contributed by atoms with van der Waals surface area (Å²) in [6, 6.07) is 17.4. The van der Waals surface area contributed by atoms with Gasteiger partial charge in [0, 0.05) is 11.3 Å². The Kier molecular flexibility index (Phi) is 6.50. The van der Waals surface area contributed by atoms with Crippen LogP contribution in [-0.4, -0.2) is 26.7 Å². The maximum atomic E-state index is 13.4. The van der Waals surface area contributed by atoms with E-state index in [-0.39, 0.29) is 16.4 Å². The summed E-state index contributed by atoms with van der Waals surface area (Å²) in [7, 11) is -4.10. The molecule has 0 unspecified atom stereocenters. The number of benzene rings is 3. The summed E-state index contributed by atoms with van der Waals surface area (Å²) in [5, 5.41) is 2.61. The Bertz CT molecular complexity index is 1210. The summed E-state index contributed by atoms with van der Waals surface area (Å²) in [5.41, 5.74) is 1.81. The molecule has 6 nitrogen and oxygen atoms in total. The Hall–Kier alpha value is -3.52. The molecule has 0 bridgehead atoms. The van der Waals surface area contributed by atoms with Crippen molar-refractivity contribution in [2.45, 2.75) is 18.7 Å². The van der Waals surface area contributed by atoms with E-state index in [1.165, 1.54) is 37.3 Å². The zero-order chi connectivity index (χ0) is 22.6. The highest BCUT2D eigenvalue weighted by Gasteiger charge is 2.27. The van der Waals surface area contributed by atoms with Crippen LogP contribution in [0.1, 0.15) is 22.8 Å². The molecule has 0 radical (unpaired) electrons. The van der Waals surface area contributed by atoms with Crippen LogP contribution in [0.5, 0.6) is 0 Å². The summed E-state index contributed by atoms with van der Waals surface area (Å²) < 4.78 is 40.8. The lowest BCUT2D eigenvalue weighted by atomic mass is 10.1. The second-order valence-corrected chi connectivity index (χ2v) is 8.85. The molecule has 0 aliphatic heterocycles. The highest BCUT2D eigenvalue weighted by Crippen LogP contribution is 2.24. The first-order valence-corrected chi connectivity index (χ1v) is 10.9. The Labute approximate surface area is 180 Å². The molecule has 3 aromatic rings. The molecule has 1 amide bonds. The van der Waals surface area contributed by atoms with Crippen molar-refractivity contribution >= 4 is 33.1 Å². The quantitative estimate of drug-likeness (QED) is 0.559. The maximum Gasteiger partial charge on any atom is 0.264 e. The minimum absolute atomic E-state index is 0.00815. The molecule has 0 aliphatic rings. The van der Waals surface area contributed by atoms with Crippen LogP contribution in [0.15, 0.2) is 77.7 Å². The minimum Gasteiger partial charge on any atom is -0.324 e. The van der Waals surface area contributed by atoms with Gasteiger partial charge in [0.15, 0.2) is 5.78 Å². The first-order valence-electron chi connectivity index (χ1n) is 9.42. The highest BCUT2D eigenvalue weighted by atomic mass is 32.2. The molecule has 0 fully saturated rings. The van der Waals surface area contributed by atoms with Crippen LogP contribution in [0, 0.1) is 12.7 Å². The van der Waals surface area contributed by atoms with Gasteiger partial charge in [-0.2, -0.15) is 0 Å². The summed E-state index contributed by atoms with van der Waals surface area (Å²) in [6.07, 6.45) is 0. The second-order valence-electron chi connectivity index (χ2n) is 6.99. The number of ketones is 1. The molecule has 0 aromatic heterocycles. The Balaban J connectivity index is 1.92. The molecule has 3 aromatic carbocycles. The standard InChI is InChI=1S/C23H21FN2O4S/c1-16-6-12-22(13-7-16)31(29,30)26(21-10-8-19(24)9-11-21)15-23(28)25-20-5-3-4-18(14-20)17(2)27/h3-14H,15H2,1-2H3,(H,25,28). The predicted octanol–water partition coefficient (Wildman–Crippen LogP) is 4.17. The summed E-state index contributed by atoms with van der Waals surface area (Å²) in [5.74, 6) is -1.30. The van der Waals surface area contributed by atoms with E-state index >= 15 is 0 Å². The molecular weight excluding hydrogens is 419 g/mol. The third-order valence-corrected chi connectivity index (χ3v) is 6.35. The first-order chi connectivity index (χ1) is 14.7. The van der Waals surface area contributed by atoms with Crippen LogP contribution in [0.2, 0.25) is 0 Å². The molecule has 0 spiro atoms. The molecule has 0 aliphatic carbocycles. The molecule has 0 saturated carbocycles. The monoisotopic (exact) mass is 440 g/mol. The van der Waals surface area contributed by atoms with Crippen LogP contribution in [0.4, 0.5) is 15.8 Å². The lowest BCUT2D eigenvalue weighted by Gasteiger charge is -2.24. The van der Waals surface area contributed by atoms with Crippen molar-refractivity contribution in [3.05, 3.63) is 89.7 Å². The SMILES string of the molecule is CC(=O)c1cccc(NC(=O)CN(c2ccc(F)cc2)S(=O)(=O)c2ccc(C)cc2)c1. The van der Waals surface area contributed by atoms with Gasteiger partial charge in [-0.3, -0.25) is 13.9 Å². The summed E-state index contributed by atoms with van der Waals surface area (Å²) >= 11 is 0. The zero-order valence-corrected chi connectivity index (χ0v) is 17.8. The van der Waals surface area contributed by atoms with Gasteiger partial charge in [0.1, 0.15) is 12.4 Å². The fraction of sp³-hybridized carbons (Fsp3) is 0.130. The number of nitrogens with one attached hydrogen (secondary N) is 1. The molecule has 160 valence electrons. The number of hydrogen-bond acceptors (Lipinski definition) is 4. The molecule has 0 atom stereocenters. The number of rotatable bonds is 7. The van der Waals surface area contributed by atoms with Crippen LogP contribution in [0.25, 0.3) is 0 Å². The predicted molar refractivity (Wildman–Crippen MR) is 117 cm³/mol. The molecule has 3 rings (SSSR count). The van der Waals surface area contributed by atoms with Crippen molar-refractivity contribution in [1.29, 1.82) is 0 Å². The number of aryl methyl sites for hydroxylation is 1. The van der Waals surface area contributed by atoms with Crippen molar-refractivity contribution in [2.24, 2.45) is 0 Å². The van der Waals surface area contributed by atoms with Crippen LogP contribution in [0.3, 0.4) is 0 Å². The van der Waals surface area contributed by atoms with Gasteiger partial charge in [0.25, 0.3) is 10.0 Å². The van der Waals surface area contributed by atoms with E-state index in [4.69, 9.17) is 0 Å². The van der Waals surface area contributed by atoms with Gasteiger partial charge >= 0.3 is 0 Å². The fourth-order valence-electron chi connectivity index (χ4n) is 2.91. The van der Waals surface area contributed by atoms with Crippen molar-refractivity contribution in [1.82, 2.24) is 0 Å². The Morgan fingerprint density at radius 3 is 2.23 bits per heavy atom. The average molecular weight is 440 g/mol. The number of carbonyl (C=O) groups excluding carboxylic acids is 2. The topological polar surface area (TPSA) is 83.6 Å². The minimum atomic E-state index is -4.10. The van der Waals surface area contributed by atoms with Gasteiger partial charge in [0.05, 0.1) is 10.6 Å². The molecule has 1 N–H and O–H groups in total. The smallest absolute Gasteiger partial charge is 0.264 e. The van der Waals surface area contributed by atoms with E-state index in [9.17, 15) is 22.4 Å². The molecule has 8 heteroatoms. The maximum absolute atomic E-state index is 13.4. The van der Waals surface area contributed by atoms with Crippen molar-refractivity contribution in [3.8, 4) is 0 Å². The molecular formula is C23H21FN2O4S. The largest absolute Gasteiger partial charge is 0.324 e. The fourth-order valence-corrected chi connectivity index (χ4v) is 4.33. The van der Waals surface area contributed by atoms with E-state index in [1.54, 1.807) is 30.3 Å². The van der Waals surface area contributed by atoms with E-state index in [1.807, 2.05) is 6.92 Å². The Morgan fingerprint density at radius 1 is 0.968 bits per heavy atom. The number of anilines is 2. The zero-order valence-electron chi connectivity index (χ0n) is 17.0. The number of Topliss-reactive ketones (excluding diaryl/α,β-unsaturated/α-hetero) is 1. The molecule has 31 heavy (non-hydrogen) atoms. The lowest BCUT2D eigenvalue weighted by Crippen LogP contribution is -2.38. The van der Waals surface area contributed by atoms with Crippen molar-refractivity contribution in [2.75, 3.05) is 16.2 Å². The van der Waals surface area contributed by atoms with Gasteiger partial charge in [-0.05, 0) is 62.4 Å². The van der Waals surface area contributed by atoms with Crippen molar-refractivity contribution in [3.63, 3.8) is 0 Å². The van der Waals surface area contributed by atoms with Crippen LogP contribution < -0.4 is 9.62 Å². The van der Waals surface area contributed by atoms with Gasteiger partial charge < -0.3 is 5.32 Å². The molecule has 0 saturated heterocycles. The Morgan fingerprint density at radius 2 is 1.61 bits per heavy atom. The highest BCUT2D eigenvalue weighted by molar-refractivity contribution is 7.92.